The summed E-state index contributed by atoms with van der Waals surface area (Å²) in [6.45, 7) is 0. The van der Waals surface area contributed by atoms with Gasteiger partial charge in [0.1, 0.15) is 0 Å². The van der Waals surface area contributed by atoms with Crippen LogP contribution in [0.5, 0.6) is 0 Å². The lowest BCUT2D eigenvalue weighted by Crippen LogP contribution is -2.07. The first-order chi connectivity index (χ1) is 5.65. The lowest BCUT2D eigenvalue weighted by atomic mass is 10.2. The highest BCUT2D eigenvalue weighted by atomic mass is 35.5. The molecule has 1 rings (SSSR count). The van der Waals surface area contributed by atoms with Gasteiger partial charge < -0.3 is 5.43 Å². The Morgan fingerprint density at radius 2 is 2.08 bits per heavy atom. The van der Waals surface area contributed by atoms with E-state index in [-0.39, 0.29) is 5.56 Å². The average Bonchev–Trinajstić information content (AvgIpc) is 2.05. The standard InChI is InChI=1S/C7H7ClF2N2/c8-5-2-1-4(7(9)10)3-6(5)12-11/h1-3,7,12H,11H2. The van der Waals surface area contributed by atoms with Crippen LogP contribution in [0.1, 0.15) is 12.0 Å². The van der Waals surface area contributed by atoms with E-state index in [1.54, 1.807) is 0 Å². The number of hydrogen-bond donors (Lipinski definition) is 2. The third kappa shape index (κ3) is 1.84. The highest BCUT2D eigenvalue weighted by molar-refractivity contribution is 6.33. The molecule has 0 saturated carbocycles. The molecule has 66 valence electrons. The molecule has 0 spiro atoms. The van der Waals surface area contributed by atoms with Gasteiger partial charge in [-0.1, -0.05) is 17.7 Å². The van der Waals surface area contributed by atoms with Gasteiger partial charge in [-0.2, -0.15) is 0 Å². The van der Waals surface area contributed by atoms with Gasteiger partial charge >= 0.3 is 0 Å². The van der Waals surface area contributed by atoms with Crippen molar-refractivity contribution < 1.29 is 8.78 Å². The summed E-state index contributed by atoms with van der Waals surface area (Å²) < 4.78 is 24.2. The van der Waals surface area contributed by atoms with Crippen LogP contribution < -0.4 is 11.3 Å². The van der Waals surface area contributed by atoms with Crippen LogP contribution in [0.15, 0.2) is 18.2 Å². The Morgan fingerprint density at radius 3 is 2.58 bits per heavy atom. The first-order valence-electron chi connectivity index (χ1n) is 3.19. The maximum atomic E-state index is 12.1. The number of nitrogens with two attached hydrogens (primary N) is 1. The van der Waals surface area contributed by atoms with Gasteiger partial charge in [0.15, 0.2) is 0 Å². The van der Waals surface area contributed by atoms with Gasteiger partial charge in [0.25, 0.3) is 6.43 Å². The number of nitrogen functional groups attached to an aromatic ring is 1. The van der Waals surface area contributed by atoms with Crippen LogP contribution in [0.2, 0.25) is 5.02 Å². The van der Waals surface area contributed by atoms with Gasteiger partial charge in [0, 0.05) is 5.56 Å². The fraction of sp³-hybridized carbons (Fsp3) is 0.143. The molecular weight excluding hydrogens is 186 g/mol. The maximum Gasteiger partial charge on any atom is 0.263 e. The Morgan fingerprint density at radius 1 is 1.42 bits per heavy atom. The monoisotopic (exact) mass is 192 g/mol. The molecule has 0 aromatic heterocycles. The largest absolute Gasteiger partial charge is 0.323 e. The van der Waals surface area contributed by atoms with Crippen LogP contribution in [0.4, 0.5) is 14.5 Å². The molecule has 0 unspecified atom stereocenters. The number of hydrogen-bond acceptors (Lipinski definition) is 2. The number of anilines is 1. The maximum absolute atomic E-state index is 12.1. The van der Waals surface area contributed by atoms with Crippen LogP contribution in [-0.4, -0.2) is 0 Å². The van der Waals surface area contributed by atoms with Crippen molar-refractivity contribution in [2.45, 2.75) is 6.43 Å². The number of rotatable bonds is 2. The summed E-state index contributed by atoms with van der Waals surface area (Å²) >= 11 is 5.61. The summed E-state index contributed by atoms with van der Waals surface area (Å²) in [5.74, 6) is 5.04. The highest BCUT2D eigenvalue weighted by Gasteiger charge is 2.08. The summed E-state index contributed by atoms with van der Waals surface area (Å²) in [5, 5.41) is 0.321. The molecule has 0 bridgehead atoms. The number of halogens is 3. The lowest BCUT2D eigenvalue weighted by molar-refractivity contribution is 0.151. The molecule has 5 heteroatoms. The summed E-state index contributed by atoms with van der Waals surface area (Å²) in [7, 11) is 0. The van der Waals surface area contributed by atoms with E-state index in [1.165, 1.54) is 18.2 Å². The van der Waals surface area contributed by atoms with Gasteiger partial charge in [-0.15, -0.1) is 0 Å². The van der Waals surface area contributed by atoms with Crippen molar-refractivity contribution in [3.05, 3.63) is 28.8 Å². The second-order valence-corrected chi connectivity index (χ2v) is 2.59. The topological polar surface area (TPSA) is 38.0 Å². The normalized spacial score (nSPS) is 10.4. The Labute approximate surface area is 73.3 Å². The van der Waals surface area contributed by atoms with Crippen molar-refractivity contribution in [3.8, 4) is 0 Å². The SMILES string of the molecule is NNc1cc(C(F)F)ccc1Cl. The van der Waals surface area contributed by atoms with Crippen LogP contribution in [-0.2, 0) is 0 Å². The Bertz CT molecular complexity index is 278. The van der Waals surface area contributed by atoms with E-state index in [4.69, 9.17) is 17.4 Å². The molecule has 0 radical (unpaired) electrons. The van der Waals surface area contributed by atoms with Crippen molar-refractivity contribution >= 4 is 17.3 Å². The number of alkyl halides is 2. The van der Waals surface area contributed by atoms with Crippen LogP contribution in [0.3, 0.4) is 0 Å². The molecule has 0 aliphatic heterocycles. The fourth-order valence-electron chi connectivity index (χ4n) is 0.789. The Kier molecular flexibility index (Phi) is 2.83. The van der Waals surface area contributed by atoms with E-state index in [1.807, 2.05) is 0 Å². The average molecular weight is 193 g/mol. The van der Waals surface area contributed by atoms with Gasteiger partial charge in [0.2, 0.25) is 0 Å². The van der Waals surface area contributed by atoms with E-state index >= 15 is 0 Å². The van der Waals surface area contributed by atoms with Crippen molar-refractivity contribution in [3.63, 3.8) is 0 Å². The van der Waals surface area contributed by atoms with E-state index < -0.39 is 6.43 Å². The smallest absolute Gasteiger partial charge is 0.263 e. The van der Waals surface area contributed by atoms with Crippen molar-refractivity contribution in [1.29, 1.82) is 0 Å². The lowest BCUT2D eigenvalue weighted by Gasteiger charge is -2.05. The van der Waals surface area contributed by atoms with E-state index in [0.717, 1.165) is 0 Å². The summed E-state index contributed by atoms with van der Waals surface area (Å²) in [6, 6.07) is 3.85. The number of nitrogens with one attached hydrogen (secondary N) is 1. The molecule has 2 nitrogen and oxygen atoms in total. The minimum atomic E-state index is -2.51. The molecule has 1 aromatic rings. The molecule has 0 heterocycles. The summed E-state index contributed by atoms with van der Waals surface area (Å²) in [5.41, 5.74) is 2.42. The quantitative estimate of drug-likeness (QED) is 0.558. The van der Waals surface area contributed by atoms with Gasteiger partial charge in [-0.3, -0.25) is 5.84 Å². The first kappa shape index (κ1) is 9.22. The van der Waals surface area contributed by atoms with Crippen molar-refractivity contribution in [1.82, 2.24) is 0 Å². The molecular formula is C7H7ClF2N2. The van der Waals surface area contributed by atoms with Crippen LogP contribution in [0.25, 0.3) is 0 Å². The molecule has 0 atom stereocenters. The minimum absolute atomic E-state index is 0.104. The van der Waals surface area contributed by atoms with Crippen LogP contribution >= 0.6 is 11.6 Å². The summed E-state index contributed by atoms with van der Waals surface area (Å²) in [6.07, 6.45) is -2.51. The van der Waals surface area contributed by atoms with Crippen molar-refractivity contribution in [2.24, 2.45) is 5.84 Å². The van der Waals surface area contributed by atoms with Crippen molar-refractivity contribution in [2.75, 3.05) is 5.43 Å². The molecule has 0 saturated heterocycles. The van der Waals surface area contributed by atoms with E-state index in [0.29, 0.717) is 10.7 Å². The summed E-state index contributed by atoms with van der Waals surface area (Å²) in [4.78, 5) is 0. The second kappa shape index (κ2) is 3.69. The molecule has 0 aliphatic rings. The van der Waals surface area contributed by atoms with E-state index in [2.05, 4.69) is 5.43 Å². The zero-order chi connectivity index (χ0) is 9.14. The molecule has 0 aliphatic carbocycles. The Balaban J connectivity index is 3.05. The molecule has 0 amide bonds. The third-order valence-electron chi connectivity index (χ3n) is 1.40. The second-order valence-electron chi connectivity index (χ2n) is 2.18. The first-order valence-corrected chi connectivity index (χ1v) is 3.57. The zero-order valence-electron chi connectivity index (χ0n) is 6.02. The molecule has 12 heavy (non-hydrogen) atoms. The predicted molar refractivity (Wildman–Crippen MR) is 44.2 cm³/mol. The highest BCUT2D eigenvalue weighted by Crippen LogP contribution is 2.27. The molecule has 3 N–H and O–H groups in total. The van der Waals surface area contributed by atoms with Gasteiger partial charge in [-0.25, -0.2) is 8.78 Å². The van der Waals surface area contributed by atoms with Gasteiger partial charge in [0.05, 0.1) is 10.7 Å². The molecule has 0 fully saturated rings. The molecule has 1 aromatic carbocycles. The predicted octanol–water partition coefficient (Wildman–Crippen LogP) is 2.56. The van der Waals surface area contributed by atoms with Crippen LogP contribution in [0, 0.1) is 0 Å². The van der Waals surface area contributed by atoms with Gasteiger partial charge in [-0.05, 0) is 12.1 Å². The minimum Gasteiger partial charge on any atom is -0.323 e. The third-order valence-corrected chi connectivity index (χ3v) is 1.73. The fourth-order valence-corrected chi connectivity index (χ4v) is 0.961. The van der Waals surface area contributed by atoms with E-state index in [9.17, 15) is 8.78 Å². The Hall–Kier alpha value is -0.870. The number of hydrazine groups is 1. The zero-order valence-corrected chi connectivity index (χ0v) is 6.78. The number of benzene rings is 1.